The van der Waals surface area contributed by atoms with Gasteiger partial charge in [0.2, 0.25) is 5.91 Å². The molecule has 0 heterocycles. The number of carboxylic acids is 2. The van der Waals surface area contributed by atoms with Crippen molar-refractivity contribution in [1.82, 2.24) is 5.32 Å². The number of nitrogens with two attached hydrogens (primary N) is 1. The first-order valence-electron chi connectivity index (χ1n) is 6.93. The van der Waals surface area contributed by atoms with Gasteiger partial charge in [0.1, 0.15) is 6.04 Å². The minimum absolute atomic E-state index is 0.119. The third kappa shape index (κ3) is 3.62. The van der Waals surface area contributed by atoms with Crippen molar-refractivity contribution in [2.45, 2.75) is 12.5 Å². The van der Waals surface area contributed by atoms with E-state index in [2.05, 4.69) is 5.32 Å². The Balaban J connectivity index is 1.86. The molecule has 0 radical (unpaired) electrons. The van der Waals surface area contributed by atoms with Gasteiger partial charge in [-0.2, -0.15) is 0 Å². The van der Waals surface area contributed by atoms with E-state index < -0.39 is 35.7 Å². The fourth-order valence-electron chi connectivity index (χ4n) is 2.74. The number of aliphatic carboxylic acids is 2. The van der Waals surface area contributed by atoms with Crippen LogP contribution in [0.15, 0.2) is 30.3 Å². The third-order valence-corrected chi connectivity index (χ3v) is 3.96. The summed E-state index contributed by atoms with van der Waals surface area (Å²) < 4.78 is 0. The highest BCUT2D eigenvalue weighted by Gasteiger charge is 2.59. The number of rotatable bonds is 7. The van der Waals surface area contributed by atoms with Crippen molar-refractivity contribution in [3.05, 3.63) is 35.9 Å². The SMILES string of the molecule is N[C@H](C(=O)O)[C@H]1[C@@H](CNC(=O)Cc2ccccc2)[C@@H]1C(=O)O. The van der Waals surface area contributed by atoms with Gasteiger partial charge in [-0.1, -0.05) is 30.3 Å². The van der Waals surface area contributed by atoms with Crippen LogP contribution in [0.4, 0.5) is 0 Å². The molecule has 1 amide bonds. The first-order valence-corrected chi connectivity index (χ1v) is 6.93. The predicted octanol–water partition coefficient (Wildman–Crippen LogP) is -0.296. The number of benzene rings is 1. The molecule has 5 N–H and O–H groups in total. The lowest BCUT2D eigenvalue weighted by molar-refractivity contribution is -0.140. The van der Waals surface area contributed by atoms with E-state index in [-0.39, 0.29) is 18.9 Å². The second kappa shape index (κ2) is 6.57. The van der Waals surface area contributed by atoms with Crippen molar-refractivity contribution < 1.29 is 24.6 Å². The van der Waals surface area contributed by atoms with Crippen LogP contribution in [0.2, 0.25) is 0 Å². The number of nitrogens with one attached hydrogen (secondary N) is 1. The zero-order valence-corrected chi connectivity index (χ0v) is 11.8. The average molecular weight is 306 g/mol. The van der Waals surface area contributed by atoms with Crippen molar-refractivity contribution in [1.29, 1.82) is 0 Å². The number of hydrogen-bond acceptors (Lipinski definition) is 4. The summed E-state index contributed by atoms with van der Waals surface area (Å²) in [5.41, 5.74) is 6.35. The van der Waals surface area contributed by atoms with Crippen LogP contribution in [0.3, 0.4) is 0 Å². The van der Waals surface area contributed by atoms with Crippen LogP contribution in [0.25, 0.3) is 0 Å². The topological polar surface area (TPSA) is 130 Å². The summed E-state index contributed by atoms with van der Waals surface area (Å²) in [6, 6.07) is 7.91. The largest absolute Gasteiger partial charge is 0.481 e. The Kier molecular flexibility index (Phi) is 4.77. The molecule has 0 unspecified atom stereocenters. The molecule has 0 saturated heterocycles. The highest BCUT2D eigenvalue weighted by molar-refractivity contribution is 5.81. The van der Waals surface area contributed by atoms with E-state index in [0.29, 0.717) is 0 Å². The van der Waals surface area contributed by atoms with Crippen molar-refractivity contribution in [3.8, 4) is 0 Å². The van der Waals surface area contributed by atoms with Gasteiger partial charge in [-0.3, -0.25) is 14.4 Å². The summed E-state index contributed by atoms with van der Waals surface area (Å²) in [6.45, 7) is 0.119. The van der Waals surface area contributed by atoms with Gasteiger partial charge in [0.15, 0.2) is 0 Å². The quantitative estimate of drug-likeness (QED) is 0.547. The first-order chi connectivity index (χ1) is 10.4. The Morgan fingerprint density at radius 2 is 1.82 bits per heavy atom. The molecule has 1 aliphatic rings. The molecule has 0 spiro atoms. The molecule has 2 rings (SSSR count). The molecule has 22 heavy (non-hydrogen) atoms. The molecule has 0 aliphatic heterocycles. The summed E-state index contributed by atoms with van der Waals surface area (Å²) in [5, 5.41) is 20.6. The zero-order chi connectivity index (χ0) is 16.3. The van der Waals surface area contributed by atoms with Crippen LogP contribution in [-0.4, -0.2) is 40.6 Å². The Morgan fingerprint density at radius 3 is 2.36 bits per heavy atom. The lowest BCUT2D eigenvalue weighted by Gasteiger charge is -2.06. The summed E-state index contributed by atoms with van der Waals surface area (Å²) in [7, 11) is 0. The summed E-state index contributed by atoms with van der Waals surface area (Å²) in [6.07, 6.45) is 0.195. The molecule has 4 atom stereocenters. The fourth-order valence-corrected chi connectivity index (χ4v) is 2.74. The minimum atomic E-state index is -1.23. The molecule has 0 bridgehead atoms. The maximum absolute atomic E-state index is 11.8. The van der Waals surface area contributed by atoms with Crippen LogP contribution in [0, 0.1) is 17.8 Å². The molecule has 7 heteroatoms. The standard InChI is InChI=1S/C15H18N2O5/c16-13(15(21)22)11-9(12(11)14(19)20)7-17-10(18)6-8-4-2-1-3-5-8/h1-5,9,11-13H,6-7,16H2,(H,17,18)(H,19,20)(H,21,22)/t9-,11+,12+,13+/m1/s1. The van der Waals surface area contributed by atoms with Crippen LogP contribution in [0.5, 0.6) is 0 Å². The molecule has 1 aromatic rings. The second-order valence-electron chi connectivity index (χ2n) is 5.44. The van der Waals surface area contributed by atoms with Gasteiger partial charge in [0, 0.05) is 12.5 Å². The molecule has 1 fully saturated rings. The van der Waals surface area contributed by atoms with Crippen molar-refractivity contribution in [2.24, 2.45) is 23.5 Å². The number of carbonyl (C=O) groups is 3. The van der Waals surface area contributed by atoms with Crippen molar-refractivity contribution in [3.63, 3.8) is 0 Å². The monoisotopic (exact) mass is 306 g/mol. The Morgan fingerprint density at radius 1 is 1.18 bits per heavy atom. The maximum Gasteiger partial charge on any atom is 0.320 e. The predicted molar refractivity (Wildman–Crippen MR) is 76.9 cm³/mol. The van der Waals surface area contributed by atoms with E-state index in [1.54, 1.807) is 0 Å². The van der Waals surface area contributed by atoms with Crippen LogP contribution in [0.1, 0.15) is 5.56 Å². The van der Waals surface area contributed by atoms with Crippen molar-refractivity contribution in [2.75, 3.05) is 6.54 Å². The Labute approximate surface area is 127 Å². The zero-order valence-electron chi connectivity index (χ0n) is 11.8. The van der Waals surface area contributed by atoms with E-state index in [1.807, 2.05) is 30.3 Å². The van der Waals surface area contributed by atoms with Gasteiger partial charge in [-0.05, 0) is 11.5 Å². The summed E-state index contributed by atoms with van der Waals surface area (Å²) in [4.78, 5) is 33.8. The molecular weight excluding hydrogens is 288 g/mol. The molecule has 0 aromatic heterocycles. The number of carbonyl (C=O) groups excluding carboxylic acids is 1. The van der Waals surface area contributed by atoms with E-state index in [1.165, 1.54) is 0 Å². The smallest absolute Gasteiger partial charge is 0.320 e. The number of amides is 1. The van der Waals surface area contributed by atoms with Gasteiger partial charge in [0.25, 0.3) is 0 Å². The molecule has 7 nitrogen and oxygen atoms in total. The highest BCUT2D eigenvalue weighted by Crippen LogP contribution is 2.47. The van der Waals surface area contributed by atoms with Gasteiger partial charge in [-0.15, -0.1) is 0 Å². The van der Waals surface area contributed by atoms with E-state index in [9.17, 15) is 14.4 Å². The van der Waals surface area contributed by atoms with E-state index in [4.69, 9.17) is 15.9 Å². The Bertz CT molecular complexity index is 575. The van der Waals surface area contributed by atoms with Crippen molar-refractivity contribution >= 4 is 17.8 Å². The normalized spacial score (nSPS) is 24.3. The Hall–Kier alpha value is -2.41. The van der Waals surface area contributed by atoms with Gasteiger partial charge < -0.3 is 21.3 Å². The minimum Gasteiger partial charge on any atom is -0.481 e. The lowest BCUT2D eigenvalue weighted by Crippen LogP contribution is -2.35. The number of hydrogen-bond donors (Lipinski definition) is 4. The van der Waals surface area contributed by atoms with Crippen LogP contribution in [-0.2, 0) is 20.8 Å². The summed E-state index contributed by atoms with van der Waals surface area (Å²) >= 11 is 0. The van der Waals surface area contributed by atoms with Gasteiger partial charge >= 0.3 is 11.9 Å². The molecular formula is C15H18N2O5. The van der Waals surface area contributed by atoms with Gasteiger partial charge in [-0.25, -0.2) is 0 Å². The number of carboxylic acid groups (broad SMARTS) is 2. The molecule has 1 aromatic carbocycles. The fraction of sp³-hybridized carbons (Fsp3) is 0.400. The van der Waals surface area contributed by atoms with Crippen LogP contribution >= 0.6 is 0 Å². The van der Waals surface area contributed by atoms with Gasteiger partial charge in [0.05, 0.1) is 12.3 Å². The third-order valence-electron chi connectivity index (χ3n) is 3.96. The lowest BCUT2D eigenvalue weighted by atomic mass is 10.1. The van der Waals surface area contributed by atoms with Crippen LogP contribution < -0.4 is 11.1 Å². The second-order valence-corrected chi connectivity index (χ2v) is 5.44. The molecule has 118 valence electrons. The average Bonchev–Trinajstić information content (AvgIpc) is 3.19. The van der Waals surface area contributed by atoms with E-state index >= 15 is 0 Å². The molecule has 1 aliphatic carbocycles. The molecule has 1 saturated carbocycles. The summed E-state index contributed by atoms with van der Waals surface area (Å²) in [5.74, 6) is -4.44. The first kappa shape index (κ1) is 16.0. The van der Waals surface area contributed by atoms with E-state index in [0.717, 1.165) is 5.56 Å². The maximum atomic E-state index is 11.8. The highest BCUT2D eigenvalue weighted by atomic mass is 16.4.